The zero-order valence-electron chi connectivity index (χ0n) is 19.9. The summed E-state index contributed by atoms with van der Waals surface area (Å²) in [6.07, 6.45) is 1.99. The Labute approximate surface area is 211 Å². The Morgan fingerprint density at radius 3 is 2.53 bits per heavy atom. The van der Waals surface area contributed by atoms with Gasteiger partial charge in [0, 0.05) is 24.0 Å². The van der Waals surface area contributed by atoms with Gasteiger partial charge in [0.15, 0.2) is 23.0 Å². The average Bonchev–Trinajstić information content (AvgIpc) is 3.30. The molecular weight excluding hydrogens is 494 g/mol. The third kappa shape index (κ3) is 3.55. The Morgan fingerprint density at radius 2 is 1.76 bits per heavy atom. The van der Waals surface area contributed by atoms with E-state index in [0.29, 0.717) is 12.8 Å². The van der Waals surface area contributed by atoms with Crippen LogP contribution in [0.1, 0.15) is 39.4 Å². The quantitative estimate of drug-likeness (QED) is 0.491. The van der Waals surface area contributed by atoms with Crippen LogP contribution in [0, 0.1) is 6.92 Å². The summed E-state index contributed by atoms with van der Waals surface area (Å²) in [5.74, 6) is 3.45. The van der Waals surface area contributed by atoms with Gasteiger partial charge in [-0.2, -0.15) is 0 Å². The number of hydrogen-bond acceptors (Lipinski definition) is 4. The topological polar surface area (TPSA) is 36.9 Å². The van der Waals surface area contributed by atoms with Gasteiger partial charge in [0.1, 0.15) is 19.1 Å². The van der Waals surface area contributed by atoms with E-state index in [1.807, 2.05) is 6.07 Å². The van der Waals surface area contributed by atoms with E-state index in [0.717, 1.165) is 60.0 Å². The molecule has 2 atom stereocenters. The fourth-order valence-corrected chi connectivity index (χ4v) is 6.10. The number of rotatable bonds is 4. The molecule has 34 heavy (non-hydrogen) atoms. The maximum atomic E-state index is 5.89. The molecule has 0 spiro atoms. The monoisotopic (exact) mass is 523 g/mol. The van der Waals surface area contributed by atoms with Crippen molar-refractivity contribution in [3.05, 3.63) is 81.9 Å². The van der Waals surface area contributed by atoms with Gasteiger partial charge in [-0.25, -0.2) is 0 Å². The van der Waals surface area contributed by atoms with Crippen molar-refractivity contribution in [2.24, 2.45) is 0 Å². The highest BCUT2D eigenvalue weighted by Crippen LogP contribution is 2.51. The first-order valence-electron chi connectivity index (χ1n) is 11.7. The van der Waals surface area contributed by atoms with Crippen LogP contribution in [-0.4, -0.2) is 32.0 Å². The predicted octanol–water partition coefficient (Wildman–Crippen LogP) is 2.12. The number of nitrogens with zero attached hydrogens (tertiary/aromatic N) is 1. The molecule has 3 aliphatic rings. The van der Waals surface area contributed by atoms with Crippen LogP contribution in [0.25, 0.3) is 0 Å². The molecule has 0 aliphatic carbocycles. The first kappa shape index (κ1) is 23.1. The number of halogens is 1. The van der Waals surface area contributed by atoms with Crippen LogP contribution in [0.3, 0.4) is 0 Å². The fraction of sp³-hybridized carbons (Fsp3) is 0.357. The van der Waals surface area contributed by atoms with Crippen LogP contribution in [0.15, 0.2) is 48.5 Å². The lowest BCUT2D eigenvalue weighted by atomic mass is 9.80. The van der Waals surface area contributed by atoms with E-state index in [-0.39, 0.29) is 17.0 Å². The summed E-state index contributed by atoms with van der Waals surface area (Å²) in [6.45, 7) is 5.52. The van der Waals surface area contributed by atoms with Crippen LogP contribution in [-0.2, 0) is 25.9 Å². The van der Waals surface area contributed by atoms with Gasteiger partial charge < -0.3 is 40.4 Å². The first-order valence-corrected chi connectivity index (χ1v) is 11.7. The summed E-state index contributed by atoms with van der Waals surface area (Å²) in [7, 11) is 3.47. The van der Waals surface area contributed by atoms with Crippen LogP contribution in [0.5, 0.6) is 23.0 Å². The van der Waals surface area contributed by atoms with E-state index in [2.05, 4.69) is 49.4 Å². The second-order valence-corrected chi connectivity index (χ2v) is 9.50. The first-order chi connectivity index (χ1) is 16.1. The van der Waals surface area contributed by atoms with Gasteiger partial charge in [0.2, 0.25) is 6.79 Å². The Kier molecular flexibility index (Phi) is 5.98. The zero-order chi connectivity index (χ0) is 22.6. The van der Waals surface area contributed by atoms with Crippen LogP contribution >= 0.6 is 0 Å². The highest BCUT2D eigenvalue weighted by atomic mass is 79.9. The van der Waals surface area contributed by atoms with Crippen molar-refractivity contribution in [1.82, 2.24) is 0 Å². The molecule has 3 aliphatic heterocycles. The molecule has 0 saturated carbocycles. The molecule has 3 heterocycles. The normalized spacial score (nSPS) is 21.6. The van der Waals surface area contributed by atoms with Gasteiger partial charge in [-0.1, -0.05) is 30.3 Å². The van der Waals surface area contributed by atoms with Crippen molar-refractivity contribution in [3.8, 4) is 23.0 Å². The molecule has 178 valence electrons. The van der Waals surface area contributed by atoms with E-state index in [4.69, 9.17) is 18.9 Å². The average molecular weight is 524 g/mol. The third-order valence-corrected chi connectivity index (χ3v) is 7.86. The highest BCUT2D eigenvalue weighted by molar-refractivity contribution is 5.54. The summed E-state index contributed by atoms with van der Waals surface area (Å²) in [4.78, 5) is 0. The minimum Gasteiger partial charge on any atom is -1.00 e. The lowest BCUT2D eigenvalue weighted by Crippen LogP contribution is -3.00. The molecular formula is C28H30BrNO4. The summed E-state index contributed by atoms with van der Waals surface area (Å²) in [5.41, 5.74) is 8.19. The lowest BCUT2D eigenvalue weighted by molar-refractivity contribution is -0.985. The maximum absolute atomic E-state index is 5.89. The third-order valence-electron chi connectivity index (χ3n) is 7.86. The highest BCUT2D eigenvalue weighted by Gasteiger charge is 2.48. The number of aryl methyl sites for hydroxylation is 1. The molecule has 6 rings (SSSR count). The number of ether oxygens (including phenoxy) is 4. The number of quaternary nitrogens is 1. The lowest BCUT2D eigenvalue weighted by Gasteiger charge is -2.51. The molecule has 0 aromatic heterocycles. The summed E-state index contributed by atoms with van der Waals surface area (Å²) < 4.78 is 24.0. The van der Waals surface area contributed by atoms with Crippen molar-refractivity contribution < 1.29 is 40.4 Å². The Morgan fingerprint density at radius 1 is 0.971 bits per heavy atom. The maximum Gasteiger partial charge on any atom is 0.231 e. The van der Waals surface area contributed by atoms with E-state index in [1.54, 1.807) is 14.2 Å². The summed E-state index contributed by atoms with van der Waals surface area (Å²) in [6, 6.07) is 17.9. The minimum absolute atomic E-state index is 0. The second kappa shape index (κ2) is 8.82. The number of methoxy groups -OCH3 is 2. The molecule has 0 saturated heterocycles. The number of fused-ring (bicyclic) bond motifs is 5. The molecule has 3 aromatic carbocycles. The van der Waals surface area contributed by atoms with E-state index in [9.17, 15) is 0 Å². The van der Waals surface area contributed by atoms with Crippen molar-refractivity contribution in [2.45, 2.75) is 38.9 Å². The number of benzene rings is 3. The fourth-order valence-electron chi connectivity index (χ4n) is 6.10. The molecule has 0 N–H and O–H groups in total. The minimum atomic E-state index is 0. The second-order valence-electron chi connectivity index (χ2n) is 9.50. The Hall–Kier alpha value is -2.70. The van der Waals surface area contributed by atoms with Gasteiger partial charge >= 0.3 is 0 Å². The van der Waals surface area contributed by atoms with E-state index in [1.165, 1.54) is 33.4 Å². The van der Waals surface area contributed by atoms with Crippen molar-refractivity contribution >= 4 is 0 Å². The molecule has 0 amide bonds. The van der Waals surface area contributed by atoms with Crippen LogP contribution < -0.4 is 35.9 Å². The number of hydrogen-bond donors (Lipinski definition) is 0. The molecule has 0 bridgehead atoms. The summed E-state index contributed by atoms with van der Waals surface area (Å²) in [5, 5.41) is 0. The smallest absolute Gasteiger partial charge is 0.231 e. The van der Waals surface area contributed by atoms with Gasteiger partial charge in [-0.05, 0) is 41.8 Å². The Bertz CT molecular complexity index is 1240. The van der Waals surface area contributed by atoms with Gasteiger partial charge in [0.05, 0.1) is 26.3 Å². The van der Waals surface area contributed by atoms with Crippen LogP contribution in [0.4, 0.5) is 0 Å². The SMILES string of the molecule is COc1ccc2c(c1OC)C[N+]1(Cc3ccccc3C)CCc3cc4c(cc3C1C2)OCO4.[Br-]. The van der Waals surface area contributed by atoms with Crippen molar-refractivity contribution in [3.63, 3.8) is 0 Å². The Balaban J connectivity index is 0.00000241. The van der Waals surface area contributed by atoms with Gasteiger partial charge in [-0.3, -0.25) is 0 Å². The van der Waals surface area contributed by atoms with Gasteiger partial charge in [-0.15, -0.1) is 0 Å². The van der Waals surface area contributed by atoms with Crippen LogP contribution in [0.2, 0.25) is 0 Å². The largest absolute Gasteiger partial charge is 1.00 e. The molecule has 5 nitrogen and oxygen atoms in total. The summed E-state index contributed by atoms with van der Waals surface area (Å²) >= 11 is 0. The molecule has 2 unspecified atom stereocenters. The zero-order valence-corrected chi connectivity index (χ0v) is 21.5. The van der Waals surface area contributed by atoms with Crippen molar-refractivity contribution in [2.75, 3.05) is 27.6 Å². The van der Waals surface area contributed by atoms with E-state index >= 15 is 0 Å². The predicted molar refractivity (Wildman–Crippen MR) is 126 cm³/mol. The van der Waals surface area contributed by atoms with E-state index < -0.39 is 0 Å². The molecule has 3 aromatic rings. The molecule has 0 radical (unpaired) electrons. The van der Waals surface area contributed by atoms with Gasteiger partial charge in [0.25, 0.3) is 0 Å². The molecule has 0 fully saturated rings. The standard InChI is InChI=1S/C28H30NO4.BrH/c1-18-6-4-5-7-21(18)15-29-11-10-20-13-26-27(33-17-32-26)14-22(20)24(29)12-19-8-9-25(30-2)28(31-3)23(19)16-29;/h4-9,13-14,24H,10-12,15-17H2,1-3H3;1H/q+1;/p-1. The molecule has 6 heteroatoms. The van der Waals surface area contributed by atoms with Crippen molar-refractivity contribution in [1.29, 1.82) is 0 Å².